The Labute approximate surface area is 161 Å². The maximum Gasteiger partial charge on any atom is 0.242 e. The van der Waals surface area contributed by atoms with Gasteiger partial charge in [-0.2, -0.15) is 0 Å². The van der Waals surface area contributed by atoms with E-state index >= 15 is 0 Å². The van der Waals surface area contributed by atoms with Crippen molar-refractivity contribution in [3.63, 3.8) is 0 Å². The Morgan fingerprint density at radius 3 is 2.59 bits per heavy atom. The van der Waals surface area contributed by atoms with Crippen LogP contribution in [0.15, 0.2) is 30.3 Å². The van der Waals surface area contributed by atoms with E-state index in [9.17, 15) is 9.59 Å². The largest absolute Gasteiger partial charge is 0.370 e. The number of piperidine rings is 1. The van der Waals surface area contributed by atoms with Gasteiger partial charge in [0.25, 0.3) is 0 Å². The van der Waals surface area contributed by atoms with Gasteiger partial charge in [-0.25, -0.2) is 0 Å². The van der Waals surface area contributed by atoms with Gasteiger partial charge in [0.2, 0.25) is 11.8 Å². The Hall–Kier alpha value is -1.92. The summed E-state index contributed by atoms with van der Waals surface area (Å²) in [5.74, 6) is 0.193. The summed E-state index contributed by atoms with van der Waals surface area (Å²) in [4.78, 5) is 30.9. The van der Waals surface area contributed by atoms with E-state index < -0.39 is 0 Å². The van der Waals surface area contributed by atoms with E-state index in [2.05, 4.69) is 11.9 Å². The average Bonchev–Trinajstić information content (AvgIpc) is 2.92. The zero-order valence-electron chi connectivity index (χ0n) is 16.1. The predicted molar refractivity (Wildman–Crippen MR) is 102 cm³/mol. The lowest BCUT2D eigenvalue weighted by Crippen LogP contribution is -2.57. The van der Waals surface area contributed by atoms with Crippen molar-refractivity contribution >= 4 is 11.8 Å². The van der Waals surface area contributed by atoms with Crippen molar-refractivity contribution in [2.45, 2.75) is 32.0 Å². The normalized spacial score (nSPS) is 23.1. The molecule has 3 saturated heterocycles. The van der Waals surface area contributed by atoms with E-state index in [4.69, 9.17) is 4.74 Å². The SMILES string of the molecule is CN1CCC2(CC1)CC(=O)N(CC(=O)N1CC(OCc3ccccc3)C1)C2. The van der Waals surface area contributed by atoms with Crippen LogP contribution in [0.25, 0.3) is 0 Å². The van der Waals surface area contributed by atoms with Gasteiger partial charge in [-0.3, -0.25) is 9.59 Å². The molecule has 1 spiro atoms. The highest BCUT2D eigenvalue weighted by Gasteiger charge is 2.45. The van der Waals surface area contributed by atoms with Crippen molar-refractivity contribution in [1.82, 2.24) is 14.7 Å². The van der Waals surface area contributed by atoms with Crippen LogP contribution < -0.4 is 0 Å². The first-order chi connectivity index (χ1) is 13.0. The maximum atomic E-state index is 12.5. The molecule has 3 fully saturated rings. The minimum absolute atomic E-state index is 0.0490. The molecule has 0 radical (unpaired) electrons. The number of ether oxygens (including phenoxy) is 1. The molecule has 0 aliphatic carbocycles. The highest BCUT2D eigenvalue weighted by atomic mass is 16.5. The molecule has 146 valence electrons. The van der Waals surface area contributed by atoms with Gasteiger partial charge in [-0.15, -0.1) is 0 Å². The molecule has 3 heterocycles. The fraction of sp³-hybridized carbons (Fsp3) is 0.619. The summed E-state index contributed by atoms with van der Waals surface area (Å²) >= 11 is 0. The first kappa shape index (κ1) is 18.4. The van der Waals surface area contributed by atoms with Crippen LogP contribution in [0.4, 0.5) is 0 Å². The molecule has 0 bridgehead atoms. The third-order valence-corrected chi connectivity index (χ3v) is 6.31. The Balaban J connectivity index is 1.21. The fourth-order valence-corrected chi connectivity index (χ4v) is 4.35. The minimum atomic E-state index is 0.0490. The molecule has 0 unspecified atom stereocenters. The van der Waals surface area contributed by atoms with Crippen LogP contribution in [0.2, 0.25) is 0 Å². The highest BCUT2D eigenvalue weighted by molar-refractivity contribution is 5.87. The van der Waals surface area contributed by atoms with Gasteiger partial charge in [0.15, 0.2) is 0 Å². The molecule has 3 aliphatic rings. The molecule has 0 N–H and O–H groups in total. The zero-order chi connectivity index (χ0) is 18.9. The van der Waals surface area contributed by atoms with Crippen LogP contribution in [-0.4, -0.2) is 78.9 Å². The Bertz CT molecular complexity index is 679. The van der Waals surface area contributed by atoms with Crippen LogP contribution in [0.1, 0.15) is 24.8 Å². The average molecular weight is 371 g/mol. The van der Waals surface area contributed by atoms with Crippen LogP contribution in [0, 0.1) is 5.41 Å². The fourth-order valence-electron chi connectivity index (χ4n) is 4.35. The van der Waals surface area contributed by atoms with Gasteiger partial charge in [0.1, 0.15) is 0 Å². The molecule has 4 rings (SSSR count). The second kappa shape index (κ2) is 7.60. The topological polar surface area (TPSA) is 53.1 Å². The van der Waals surface area contributed by atoms with E-state index in [1.165, 1.54) is 0 Å². The Morgan fingerprint density at radius 1 is 1.19 bits per heavy atom. The molecule has 6 heteroatoms. The molecular formula is C21H29N3O3. The van der Waals surface area contributed by atoms with Gasteiger partial charge in [-0.1, -0.05) is 30.3 Å². The van der Waals surface area contributed by atoms with Gasteiger partial charge in [0, 0.05) is 26.1 Å². The van der Waals surface area contributed by atoms with E-state index in [1.54, 1.807) is 4.90 Å². The van der Waals surface area contributed by atoms with Crippen molar-refractivity contribution in [1.29, 1.82) is 0 Å². The highest BCUT2D eigenvalue weighted by Crippen LogP contribution is 2.40. The van der Waals surface area contributed by atoms with Crippen molar-refractivity contribution in [3.05, 3.63) is 35.9 Å². The van der Waals surface area contributed by atoms with Gasteiger partial charge in [0.05, 0.1) is 19.3 Å². The Morgan fingerprint density at radius 2 is 1.89 bits per heavy atom. The van der Waals surface area contributed by atoms with Crippen molar-refractivity contribution in [2.75, 3.05) is 46.3 Å². The number of carbonyl (C=O) groups is 2. The molecular weight excluding hydrogens is 342 g/mol. The number of hydrogen-bond donors (Lipinski definition) is 0. The molecule has 0 atom stereocenters. The monoisotopic (exact) mass is 371 g/mol. The van der Waals surface area contributed by atoms with Crippen LogP contribution in [0.3, 0.4) is 0 Å². The zero-order valence-corrected chi connectivity index (χ0v) is 16.1. The minimum Gasteiger partial charge on any atom is -0.370 e. The number of carbonyl (C=O) groups excluding carboxylic acids is 2. The standard InChI is InChI=1S/C21H29N3O3/c1-22-9-7-21(8-10-22)11-19(25)24(16-21)14-20(26)23-12-18(13-23)27-15-17-5-3-2-4-6-17/h2-6,18H,7-16H2,1H3. The summed E-state index contributed by atoms with van der Waals surface area (Å²) in [6, 6.07) is 10.1. The maximum absolute atomic E-state index is 12.5. The summed E-state index contributed by atoms with van der Waals surface area (Å²) in [6.07, 6.45) is 2.82. The number of likely N-dealkylation sites (tertiary alicyclic amines) is 3. The first-order valence-corrected chi connectivity index (χ1v) is 9.93. The van der Waals surface area contributed by atoms with Crippen LogP contribution >= 0.6 is 0 Å². The van der Waals surface area contributed by atoms with Gasteiger partial charge >= 0.3 is 0 Å². The number of hydrogen-bond acceptors (Lipinski definition) is 4. The molecule has 1 aromatic rings. The molecule has 3 aliphatic heterocycles. The van der Waals surface area contributed by atoms with Crippen molar-refractivity contribution < 1.29 is 14.3 Å². The number of rotatable bonds is 5. The lowest BCUT2D eigenvalue weighted by atomic mass is 9.78. The van der Waals surface area contributed by atoms with Gasteiger partial charge < -0.3 is 19.4 Å². The van der Waals surface area contributed by atoms with E-state index in [0.717, 1.165) is 38.0 Å². The summed E-state index contributed by atoms with van der Waals surface area (Å²) in [6.45, 7) is 4.89. The molecule has 2 amide bonds. The number of nitrogens with zero attached hydrogens (tertiary/aromatic N) is 3. The molecule has 0 aromatic heterocycles. The lowest BCUT2D eigenvalue weighted by molar-refractivity contribution is -0.149. The third kappa shape index (κ3) is 4.17. The third-order valence-electron chi connectivity index (χ3n) is 6.31. The van der Waals surface area contributed by atoms with Crippen LogP contribution in [0.5, 0.6) is 0 Å². The quantitative estimate of drug-likeness (QED) is 0.784. The van der Waals surface area contributed by atoms with Crippen molar-refractivity contribution in [3.8, 4) is 0 Å². The van der Waals surface area contributed by atoms with Gasteiger partial charge in [-0.05, 0) is 44.0 Å². The lowest BCUT2D eigenvalue weighted by Gasteiger charge is -2.40. The summed E-state index contributed by atoms with van der Waals surface area (Å²) in [5, 5.41) is 0. The van der Waals surface area contributed by atoms with Crippen LogP contribution in [-0.2, 0) is 20.9 Å². The smallest absolute Gasteiger partial charge is 0.242 e. The van der Waals surface area contributed by atoms with E-state index in [0.29, 0.717) is 26.1 Å². The predicted octanol–water partition coefficient (Wildman–Crippen LogP) is 1.36. The molecule has 0 saturated carbocycles. The molecule has 27 heavy (non-hydrogen) atoms. The first-order valence-electron chi connectivity index (χ1n) is 9.93. The summed E-state index contributed by atoms with van der Waals surface area (Å²) in [5.41, 5.74) is 1.24. The summed E-state index contributed by atoms with van der Waals surface area (Å²) in [7, 11) is 2.13. The van der Waals surface area contributed by atoms with Crippen molar-refractivity contribution in [2.24, 2.45) is 5.41 Å². The Kier molecular flexibility index (Phi) is 5.19. The van der Waals surface area contributed by atoms with E-state index in [1.807, 2.05) is 35.2 Å². The number of amides is 2. The molecule has 6 nitrogen and oxygen atoms in total. The number of benzene rings is 1. The second-order valence-electron chi connectivity index (χ2n) is 8.45. The van der Waals surface area contributed by atoms with E-state index in [-0.39, 0.29) is 29.9 Å². The second-order valence-corrected chi connectivity index (χ2v) is 8.45. The summed E-state index contributed by atoms with van der Waals surface area (Å²) < 4.78 is 5.86. The molecule has 1 aromatic carbocycles.